The Kier molecular flexibility index (Phi) is 5.00. The van der Waals surface area contributed by atoms with Crippen LogP contribution in [0.5, 0.6) is 0 Å². The molecule has 2 aromatic rings. The third-order valence-corrected chi connectivity index (χ3v) is 6.17. The highest BCUT2D eigenvalue weighted by atomic mass is 16.5. The Labute approximate surface area is 166 Å². The van der Waals surface area contributed by atoms with Crippen LogP contribution in [0, 0.1) is 11.8 Å². The normalized spacial score (nSPS) is 27.4. The van der Waals surface area contributed by atoms with E-state index >= 15 is 0 Å². The molecule has 1 amide bonds. The van der Waals surface area contributed by atoms with Crippen molar-refractivity contribution in [3.8, 4) is 11.5 Å². The van der Waals surface area contributed by atoms with Gasteiger partial charge in [-0.2, -0.15) is 4.98 Å². The Morgan fingerprint density at radius 1 is 1.18 bits per heavy atom. The largest absolute Gasteiger partial charge is 0.349 e. The second-order valence-corrected chi connectivity index (χ2v) is 9.40. The van der Waals surface area contributed by atoms with Crippen LogP contribution in [0.2, 0.25) is 0 Å². The number of nitrogens with zero attached hydrogens (tertiary/aromatic N) is 2. The van der Waals surface area contributed by atoms with Gasteiger partial charge in [0.1, 0.15) is 0 Å². The van der Waals surface area contributed by atoms with E-state index in [0.29, 0.717) is 34.7 Å². The highest BCUT2D eigenvalue weighted by Crippen LogP contribution is 2.40. The lowest BCUT2D eigenvalue weighted by atomic mass is 9.67. The summed E-state index contributed by atoms with van der Waals surface area (Å²) in [6, 6.07) is 7.94. The van der Waals surface area contributed by atoms with Gasteiger partial charge in [-0.3, -0.25) is 4.79 Å². The number of hydrogen-bond acceptors (Lipinski definition) is 5. The molecular weight excluding hydrogens is 352 g/mol. The Hall–Kier alpha value is -2.21. The van der Waals surface area contributed by atoms with E-state index in [9.17, 15) is 4.79 Å². The van der Waals surface area contributed by atoms with Crippen molar-refractivity contribution in [1.29, 1.82) is 0 Å². The number of amides is 1. The number of carbonyl (C=O) groups is 1. The van der Waals surface area contributed by atoms with Crippen LogP contribution in [0.15, 0.2) is 28.8 Å². The van der Waals surface area contributed by atoms with E-state index in [0.717, 1.165) is 25.7 Å². The van der Waals surface area contributed by atoms with Crippen molar-refractivity contribution >= 4 is 5.91 Å². The van der Waals surface area contributed by atoms with Crippen LogP contribution in [-0.2, 0) is 5.41 Å². The molecule has 2 bridgehead atoms. The maximum Gasteiger partial charge on any atom is 0.258 e. The van der Waals surface area contributed by atoms with Crippen molar-refractivity contribution in [2.24, 2.45) is 17.6 Å². The molecule has 2 aliphatic carbocycles. The predicted octanol–water partition coefficient (Wildman–Crippen LogP) is 3.67. The molecule has 2 unspecified atom stereocenters. The smallest absolute Gasteiger partial charge is 0.258 e. The molecular formula is C22H30N4O2. The minimum Gasteiger partial charge on any atom is -0.349 e. The number of rotatable bonds is 3. The standard InChI is InChI=1S/C22H30N4O2/c1-22(2,3)21-25-20(28-26-21)17-10-5-4-9-16(17)19(27)24-18-13-7-6-8-14(18)12-15(23)11-13/h4-5,9-10,13-15,18H,6-8,11-12,23H2,1-3H3,(H,24,27). The van der Waals surface area contributed by atoms with Gasteiger partial charge < -0.3 is 15.6 Å². The lowest BCUT2D eigenvalue weighted by molar-refractivity contribution is 0.0756. The molecule has 28 heavy (non-hydrogen) atoms. The van der Waals surface area contributed by atoms with E-state index in [-0.39, 0.29) is 23.4 Å². The van der Waals surface area contributed by atoms with Crippen molar-refractivity contribution < 1.29 is 9.32 Å². The van der Waals surface area contributed by atoms with Gasteiger partial charge in [0.05, 0.1) is 11.1 Å². The first-order chi connectivity index (χ1) is 13.3. The molecule has 1 aromatic heterocycles. The van der Waals surface area contributed by atoms with Crippen LogP contribution in [0.25, 0.3) is 11.5 Å². The monoisotopic (exact) mass is 382 g/mol. The van der Waals surface area contributed by atoms with Gasteiger partial charge in [-0.15, -0.1) is 0 Å². The first kappa shape index (κ1) is 19.1. The SMILES string of the molecule is CC(C)(C)c1noc(-c2ccccc2C(=O)NC2C3CCCC2CC(N)C3)n1. The lowest BCUT2D eigenvalue weighted by Gasteiger charge is -2.45. The molecule has 0 saturated heterocycles. The fraction of sp³-hybridized carbons (Fsp3) is 0.591. The minimum atomic E-state index is -0.211. The highest BCUT2D eigenvalue weighted by Gasteiger charge is 2.40. The molecule has 1 aromatic carbocycles. The summed E-state index contributed by atoms with van der Waals surface area (Å²) in [7, 11) is 0. The van der Waals surface area contributed by atoms with Gasteiger partial charge in [0, 0.05) is 17.5 Å². The molecule has 3 N–H and O–H groups in total. The quantitative estimate of drug-likeness (QED) is 0.845. The van der Waals surface area contributed by atoms with Crippen LogP contribution >= 0.6 is 0 Å². The second-order valence-electron chi connectivity index (χ2n) is 9.40. The van der Waals surface area contributed by atoms with Crippen LogP contribution in [0.3, 0.4) is 0 Å². The summed E-state index contributed by atoms with van der Waals surface area (Å²) in [6.45, 7) is 6.10. The Morgan fingerprint density at radius 2 is 1.86 bits per heavy atom. The molecule has 150 valence electrons. The first-order valence-electron chi connectivity index (χ1n) is 10.3. The Morgan fingerprint density at radius 3 is 2.50 bits per heavy atom. The average Bonchev–Trinajstić information content (AvgIpc) is 3.13. The van der Waals surface area contributed by atoms with E-state index in [4.69, 9.17) is 10.3 Å². The molecule has 2 atom stereocenters. The van der Waals surface area contributed by atoms with E-state index in [1.807, 2.05) is 45.0 Å². The number of fused-ring (bicyclic) bond motifs is 2. The van der Waals surface area contributed by atoms with Crippen LogP contribution in [0.1, 0.15) is 69.1 Å². The van der Waals surface area contributed by atoms with E-state index in [1.165, 1.54) is 6.42 Å². The zero-order chi connectivity index (χ0) is 19.9. The Bertz CT molecular complexity index is 840. The molecule has 2 aliphatic rings. The van der Waals surface area contributed by atoms with Gasteiger partial charge in [-0.1, -0.05) is 44.5 Å². The molecule has 2 saturated carbocycles. The van der Waals surface area contributed by atoms with Gasteiger partial charge in [0.25, 0.3) is 11.8 Å². The van der Waals surface area contributed by atoms with Crippen molar-refractivity contribution in [2.45, 2.75) is 70.4 Å². The Balaban J connectivity index is 1.58. The summed E-state index contributed by atoms with van der Waals surface area (Å²) < 4.78 is 5.49. The van der Waals surface area contributed by atoms with Crippen molar-refractivity contribution in [3.05, 3.63) is 35.7 Å². The summed E-state index contributed by atoms with van der Waals surface area (Å²) >= 11 is 0. The molecule has 1 heterocycles. The predicted molar refractivity (Wildman–Crippen MR) is 108 cm³/mol. The van der Waals surface area contributed by atoms with Gasteiger partial charge in [-0.05, 0) is 49.7 Å². The second kappa shape index (κ2) is 7.32. The highest BCUT2D eigenvalue weighted by molar-refractivity contribution is 6.00. The fourth-order valence-electron chi connectivity index (χ4n) is 4.76. The summed E-state index contributed by atoms with van der Waals surface area (Å²) in [6.07, 6.45) is 5.54. The zero-order valence-electron chi connectivity index (χ0n) is 16.9. The third-order valence-electron chi connectivity index (χ3n) is 6.17. The third kappa shape index (κ3) is 3.70. The minimum absolute atomic E-state index is 0.0662. The maximum atomic E-state index is 13.2. The molecule has 4 rings (SSSR count). The van der Waals surface area contributed by atoms with E-state index in [2.05, 4.69) is 15.5 Å². The van der Waals surface area contributed by atoms with Gasteiger partial charge in [0.15, 0.2) is 5.82 Å². The maximum absolute atomic E-state index is 13.2. The number of aromatic nitrogens is 2. The summed E-state index contributed by atoms with van der Waals surface area (Å²) in [5, 5.41) is 7.42. The first-order valence-corrected chi connectivity index (χ1v) is 10.3. The number of nitrogens with one attached hydrogen (secondary N) is 1. The van der Waals surface area contributed by atoms with Crippen molar-refractivity contribution in [1.82, 2.24) is 15.5 Å². The molecule has 6 nitrogen and oxygen atoms in total. The van der Waals surface area contributed by atoms with Crippen LogP contribution < -0.4 is 11.1 Å². The molecule has 0 spiro atoms. The lowest BCUT2D eigenvalue weighted by Crippen LogP contribution is -2.53. The summed E-state index contributed by atoms with van der Waals surface area (Å²) in [5.41, 5.74) is 7.28. The van der Waals surface area contributed by atoms with Crippen LogP contribution in [-0.4, -0.2) is 28.1 Å². The van der Waals surface area contributed by atoms with Crippen molar-refractivity contribution in [3.63, 3.8) is 0 Å². The van der Waals surface area contributed by atoms with Crippen molar-refractivity contribution in [2.75, 3.05) is 0 Å². The molecule has 0 radical (unpaired) electrons. The number of nitrogens with two attached hydrogens (primary N) is 1. The van der Waals surface area contributed by atoms with Gasteiger partial charge >= 0.3 is 0 Å². The van der Waals surface area contributed by atoms with E-state index < -0.39 is 0 Å². The van der Waals surface area contributed by atoms with E-state index in [1.54, 1.807) is 0 Å². The van der Waals surface area contributed by atoms with Crippen LogP contribution in [0.4, 0.5) is 0 Å². The number of carbonyl (C=O) groups excluding carboxylic acids is 1. The topological polar surface area (TPSA) is 94.0 Å². The molecule has 0 aliphatic heterocycles. The zero-order valence-corrected chi connectivity index (χ0v) is 16.9. The van der Waals surface area contributed by atoms with Gasteiger partial charge in [0.2, 0.25) is 0 Å². The van der Waals surface area contributed by atoms with Gasteiger partial charge in [-0.25, -0.2) is 0 Å². The molecule has 2 fully saturated rings. The summed E-state index contributed by atoms with van der Waals surface area (Å²) in [5.74, 6) is 1.92. The number of benzene rings is 1. The average molecular weight is 383 g/mol. The molecule has 6 heteroatoms. The fourth-order valence-corrected chi connectivity index (χ4v) is 4.76. The summed E-state index contributed by atoms with van der Waals surface area (Å²) in [4.78, 5) is 17.7. The number of hydrogen-bond donors (Lipinski definition) is 2.